The highest BCUT2D eigenvalue weighted by molar-refractivity contribution is 6.30. The molecule has 3 rings (SSSR count). The Balaban J connectivity index is 1.69. The summed E-state index contributed by atoms with van der Waals surface area (Å²) < 4.78 is 18.9. The zero-order valence-electron chi connectivity index (χ0n) is 17.7. The minimum Gasteiger partial charge on any atom is -0.484 e. The topological polar surface area (TPSA) is 58.6 Å². The third-order valence-electron chi connectivity index (χ3n) is 5.56. The van der Waals surface area contributed by atoms with Gasteiger partial charge in [-0.05, 0) is 61.7 Å². The molecule has 1 aliphatic carbocycles. The second kappa shape index (κ2) is 11.1. The maximum Gasteiger partial charge on any atom is 0.261 e. The standard InChI is InChI=1S/C24H28ClFN2O3/c1-17(24(30)27-21-5-3-2-4-6-21)28(15-18-7-11-20(26)12-8-18)23(29)16-31-22-13-9-19(25)10-14-22/h7-14,17,21H,2-6,15-16H2,1H3,(H,27,30)/t17-/m0/s1. The number of rotatable bonds is 8. The Labute approximate surface area is 187 Å². The van der Waals surface area contributed by atoms with Crippen LogP contribution < -0.4 is 10.1 Å². The van der Waals surface area contributed by atoms with E-state index in [0.29, 0.717) is 10.8 Å². The number of carbonyl (C=O) groups excluding carboxylic acids is 2. The van der Waals surface area contributed by atoms with Gasteiger partial charge in [0.25, 0.3) is 5.91 Å². The first-order valence-corrected chi connectivity index (χ1v) is 11.0. The average Bonchev–Trinajstić information content (AvgIpc) is 2.78. The predicted octanol–water partition coefficient (Wildman–Crippen LogP) is 4.72. The van der Waals surface area contributed by atoms with Crippen LogP contribution in [0.3, 0.4) is 0 Å². The van der Waals surface area contributed by atoms with Crippen molar-refractivity contribution in [2.75, 3.05) is 6.61 Å². The number of hydrogen-bond acceptors (Lipinski definition) is 3. The molecule has 0 aliphatic heterocycles. The first-order chi connectivity index (χ1) is 14.9. The summed E-state index contributed by atoms with van der Waals surface area (Å²) in [6.45, 7) is 1.67. The van der Waals surface area contributed by atoms with Crippen molar-refractivity contribution in [2.24, 2.45) is 0 Å². The van der Waals surface area contributed by atoms with E-state index >= 15 is 0 Å². The number of carbonyl (C=O) groups is 2. The second-order valence-corrected chi connectivity index (χ2v) is 8.35. The molecule has 2 amide bonds. The number of halogens is 2. The molecule has 5 nitrogen and oxygen atoms in total. The highest BCUT2D eigenvalue weighted by Crippen LogP contribution is 2.19. The molecule has 0 radical (unpaired) electrons. The zero-order chi connectivity index (χ0) is 22.2. The summed E-state index contributed by atoms with van der Waals surface area (Å²) in [5.74, 6) is -0.353. The van der Waals surface area contributed by atoms with Crippen molar-refractivity contribution in [1.82, 2.24) is 10.2 Å². The van der Waals surface area contributed by atoms with Crippen LogP contribution in [-0.4, -0.2) is 35.4 Å². The van der Waals surface area contributed by atoms with E-state index in [1.807, 2.05) is 0 Å². The summed E-state index contributed by atoms with van der Waals surface area (Å²) in [5, 5.41) is 3.65. The van der Waals surface area contributed by atoms with Gasteiger partial charge in [-0.1, -0.05) is 43.0 Å². The highest BCUT2D eigenvalue weighted by Gasteiger charge is 2.28. The fraction of sp³-hybridized carbons (Fsp3) is 0.417. The predicted molar refractivity (Wildman–Crippen MR) is 118 cm³/mol. The Hall–Kier alpha value is -2.60. The Morgan fingerprint density at radius 3 is 2.39 bits per heavy atom. The van der Waals surface area contributed by atoms with Gasteiger partial charge in [-0.2, -0.15) is 0 Å². The molecular formula is C24H28ClFN2O3. The van der Waals surface area contributed by atoms with Crippen molar-refractivity contribution in [1.29, 1.82) is 0 Å². The van der Waals surface area contributed by atoms with E-state index < -0.39 is 6.04 Å². The smallest absolute Gasteiger partial charge is 0.261 e. The molecule has 31 heavy (non-hydrogen) atoms. The van der Waals surface area contributed by atoms with Crippen LogP contribution in [0.25, 0.3) is 0 Å². The van der Waals surface area contributed by atoms with Gasteiger partial charge in [-0.25, -0.2) is 4.39 Å². The van der Waals surface area contributed by atoms with Gasteiger partial charge in [0.1, 0.15) is 17.6 Å². The van der Waals surface area contributed by atoms with Gasteiger partial charge in [0, 0.05) is 17.6 Å². The van der Waals surface area contributed by atoms with Crippen LogP contribution in [0, 0.1) is 5.82 Å². The molecule has 1 atom stereocenters. The van der Waals surface area contributed by atoms with Gasteiger partial charge in [-0.15, -0.1) is 0 Å². The molecule has 0 saturated heterocycles. The van der Waals surface area contributed by atoms with Gasteiger partial charge in [0.15, 0.2) is 6.61 Å². The largest absolute Gasteiger partial charge is 0.484 e. The third kappa shape index (κ3) is 6.96. The molecule has 0 unspecified atom stereocenters. The molecular weight excluding hydrogens is 419 g/mol. The number of amides is 2. The van der Waals surface area contributed by atoms with Crippen LogP contribution in [0.1, 0.15) is 44.6 Å². The zero-order valence-corrected chi connectivity index (χ0v) is 18.4. The van der Waals surface area contributed by atoms with E-state index in [1.165, 1.54) is 23.5 Å². The summed E-state index contributed by atoms with van der Waals surface area (Å²) >= 11 is 5.88. The molecule has 2 aromatic carbocycles. The van der Waals surface area contributed by atoms with Crippen LogP contribution in [-0.2, 0) is 16.1 Å². The van der Waals surface area contributed by atoms with E-state index in [0.717, 1.165) is 31.2 Å². The van der Waals surface area contributed by atoms with Gasteiger partial charge in [0.2, 0.25) is 5.91 Å². The quantitative estimate of drug-likeness (QED) is 0.638. The molecule has 1 fully saturated rings. The monoisotopic (exact) mass is 446 g/mol. The summed E-state index contributed by atoms with van der Waals surface area (Å²) in [6, 6.07) is 12.1. The Kier molecular flexibility index (Phi) is 8.29. The summed E-state index contributed by atoms with van der Waals surface area (Å²) in [6.07, 6.45) is 5.33. The van der Waals surface area contributed by atoms with E-state index in [4.69, 9.17) is 16.3 Å². The SMILES string of the molecule is C[C@@H](C(=O)NC1CCCCC1)N(Cc1ccc(F)cc1)C(=O)COc1ccc(Cl)cc1. The van der Waals surface area contributed by atoms with E-state index in [9.17, 15) is 14.0 Å². The van der Waals surface area contributed by atoms with Crippen LogP contribution in [0.5, 0.6) is 5.75 Å². The molecule has 1 saturated carbocycles. The number of benzene rings is 2. The lowest BCUT2D eigenvalue weighted by atomic mass is 9.95. The number of ether oxygens (including phenoxy) is 1. The van der Waals surface area contributed by atoms with Crippen LogP contribution in [0.15, 0.2) is 48.5 Å². The lowest BCUT2D eigenvalue weighted by molar-refractivity contribution is -0.142. The van der Waals surface area contributed by atoms with Gasteiger partial charge in [0.05, 0.1) is 0 Å². The maximum absolute atomic E-state index is 13.3. The lowest BCUT2D eigenvalue weighted by Gasteiger charge is -2.31. The van der Waals surface area contributed by atoms with Crippen molar-refractivity contribution >= 4 is 23.4 Å². The van der Waals surface area contributed by atoms with E-state index in [1.54, 1.807) is 43.3 Å². The van der Waals surface area contributed by atoms with Crippen LogP contribution >= 0.6 is 11.6 Å². The molecule has 1 aliphatic rings. The van der Waals surface area contributed by atoms with Crippen molar-refractivity contribution in [3.8, 4) is 5.75 Å². The summed E-state index contributed by atoms with van der Waals surface area (Å²) in [4.78, 5) is 27.4. The molecule has 0 spiro atoms. The Morgan fingerprint density at radius 1 is 1.10 bits per heavy atom. The number of nitrogens with one attached hydrogen (secondary N) is 1. The summed E-state index contributed by atoms with van der Waals surface area (Å²) in [7, 11) is 0. The van der Waals surface area contributed by atoms with Gasteiger partial charge >= 0.3 is 0 Å². The molecule has 7 heteroatoms. The van der Waals surface area contributed by atoms with E-state index in [-0.39, 0.29) is 36.8 Å². The minimum absolute atomic E-state index is 0.150. The first-order valence-electron chi connectivity index (χ1n) is 10.6. The highest BCUT2D eigenvalue weighted by atomic mass is 35.5. The average molecular weight is 447 g/mol. The van der Waals surface area contributed by atoms with Crippen molar-refractivity contribution < 1.29 is 18.7 Å². The fourth-order valence-corrected chi connectivity index (χ4v) is 3.82. The van der Waals surface area contributed by atoms with Crippen molar-refractivity contribution in [2.45, 2.75) is 57.7 Å². The molecule has 2 aromatic rings. The maximum atomic E-state index is 13.3. The Morgan fingerprint density at radius 2 is 1.74 bits per heavy atom. The lowest BCUT2D eigenvalue weighted by Crippen LogP contribution is -2.51. The molecule has 166 valence electrons. The minimum atomic E-state index is -0.687. The van der Waals surface area contributed by atoms with Crippen molar-refractivity contribution in [3.63, 3.8) is 0 Å². The Bertz CT molecular complexity index is 867. The normalized spacial score (nSPS) is 15.2. The van der Waals surface area contributed by atoms with E-state index in [2.05, 4.69) is 5.32 Å². The number of nitrogens with zero attached hydrogens (tertiary/aromatic N) is 1. The van der Waals surface area contributed by atoms with Crippen LogP contribution in [0.4, 0.5) is 4.39 Å². The van der Waals surface area contributed by atoms with Gasteiger partial charge < -0.3 is 15.0 Å². The summed E-state index contributed by atoms with van der Waals surface area (Å²) in [5.41, 5.74) is 0.735. The second-order valence-electron chi connectivity index (χ2n) is 7.91. The van der Waals surface area contributed by atoms with Crippen LogP contribution in [0.2, 0.25) is 5.02 Å². The third-order valence-corrected chi connectivity index (χ3v) is 5.81. The van der Waals surface area contributed by atoms with Gasteiger partial charge in [-0.3, -0.25) is 9.59 Å². The molecule has 0 heterocycles. The molecule has 1 N–H and O–H groups in total. The number of hydrogen-bond donors (Lipinski definition) is 1. The molecule has 0 aromatic heterocycles. The molecule has 0 bridgehead atoms. The first kappa shape index (κ1) is 23.1. The van der Waals surface area contributed by atoms with Crippen molar-refractivity contribution in [3.05, 3.63) is 64.9 Å². The fourth-order valence-electron chi connectivity index (χ4n) is 3.70.